The van der Waals surface area contributed by atoms with Gasteiger partial charge in [0.2, 0.25) is 0 Å². The Labute approximate surface area is 84.9 Å². The second kappa shape index (κ2) is 5.75. The average molecular weight is 197 g/mol. The average Bonchev–Trinajstić information content (AvgIpc) is 2.21. The molecule has 0 saturated heterocycles. The number of amides is 2. The molecule has 0 aromatic rings. The van der Waals surface area contributed by atoms with Gasteiger partial charge in [-0.15, -0.1) is 0 Å². The first-order valence-electron chi connectivity index (χ1n) is 5.36. The van der Waals surface area contributed by atoms with E-state index in [4.69, 9.17) is 5.84 Å². The van der Waals surface area contributed by atoms with Gasteiger partial charge in [-0.3, -0.25) is 5.43 Å². The number of aliphatic imine (C=N–C) groups is 1. The molecule has 3 N–H and O–H groups in total. The number of hydrogen-bond acceptors (Lipinski definition) is 2. The van der Waals surface area contributed by atoms with Crippen LogP contribution in [0.3, 0.4) is 0 Å². The van der Waals surface area contributed by atoms with Crippen LogP contribution in [0.2, 0.25) is 0 Å². The van der Waals surface area contributed by atoms with Crippen molar-refractivity contribution in [2.75, 3.05) is 0 Å². The number of urea groups is 1. The zero-order valence-corrected chi connectivity index (χ0v) is 8.75. The molecule has 1 fully saturated rings. The molecule has 4 nitrogen and oxygen atoms in total. The Morgan fingerprint density at radius 3 is 3.07 bits per heavy atom. The second-order valence-electron chi connectivity index (χ2n) is 3.78. The van der Waals surface area contributed by atoms with Crippen molar-refractivity contribution in [1.82, 2.24) is 5.43 Å². The second-order valence-corrected chi connectivity index (χ2v) is 3.78. The molecule has 4 heteroatoms. The Balaban J connectivity index is 2.61. The molecule has 0 aromatic carbocycles. The highest BCUT2D eigenvalue weighted by molar-refractivity contribution is 5.96. The summed E-state index contributed by atoms with van der Waals surface area (Å²) in [6, 6.07) is -0.414. The van der Waals surface area contributed by atoms with Crippen LogP contribution in [0.4, 0.5) is 4.79 Å². The van der Waals surface area contributed by atoms with Gasteiger partial charge < -0.3 is 0 Å². The van der Waals surface area contributed by atoms with Gasteiger partial charge in [-0.1, -0.05) is 19.8 Å². The van der Waals surface area contributed by atoms with Crippen LogP contribution in [0.5, 0.6) is 0 Å². The predicted molar refractivity (Wildman–Crippen MR) is 57.0 cm³/mol. The molecule has 0 heterocycles. The van der Waals surface area contributed by atoms with Crippen LogP contribution in [0.15, 0.2) is 4.99 Å². The van der Waals surface area contributed by atoms with Gasteiger partial charge >= 0.3 is 6.03 Å². The molecule has 2 amide bonds. The third kappa shape index (κ3) is 3.10. The summed E-state index contributed by atoms with van der Waals surface area (Å²) in [5.41, 5.74) is 3.09. The van der Waals surface area contributed by atoms with Crippen LogP contribution < -0.4 is 11.3 Å². The van der Waals surface area contributed by atoms with E-state index in [1.807, 2.05) is 5.43 Å². The summed E-state index contributed by atoms with van der Waals surface area (Å²) in [6.45, 7) is 2.16. The topological polar surface area (TPSA) is 67.5 Å². The maximum atomic E-state index is 11.0. The number of carbonyl (C=O) groups excluding carboxylic acids is 1. The summed E-state index contributed by atoms with van der Waals surface area (Å²) in [7, 11) is 0. The zero-order chi connectivity index (χ0) is 10.4. The molecule has 0 aliphatic heterocycles. The first kappa shape index (κ1) is 11.2. The molecule has 1 unspecified atom stereocenters. The number of nitrogens with one attached hydrogen (secondary N) is 1. The highest BCUT2D eigenvalue weighted by atomic mass is 16.2. The number of hydrogen-bond donors (Lipinski definition) is 2. The molecule has 1 aliphatic carbocycles. The fraction of sp³-hybridized carbons (Fsp3) is 0.800. The Morgan fingerprint density at radius 1 is 1.64 bits per heavy atom. The molecule has 1 saturated carbocycles. The highest BCUT2D eigenvalue weighted by Crippen LogP contribution is 2.25. The summed E-state index contributed by atoms with van der Waals surface area (Å²) < 4.78 is 0. The highest BCUT2D eigenvalue weighted by Gasteiger charge is 2.20. The molecule has 1 atom stereocenters. The summed E-state index contributed by atoms with van der Waals surface area (Å²) in [5, 5.41) is 0. The van der Waals surface area contributed by atoms with E-state index in [1.165, 1.54) is 12.8 Å². The molecule has 0 radical (unpaired) electrons. The van der Waals surface area contributed by atoms with Crippen molar-refractivity contribution in [2.45, 2.75) is 45.4 Å². The van der Waals surface area contributed by atoms with Crippen LogP contribution in [-0.4, -0.2) is 11.7 Å². The molecule has 1 rings (SSSR count). The number of nitrogens with zero attached hydrogens (tertiary/aromatic N) is 1. The molecule has 0 bridgehead atoms. The third-order valence-electron chi connectivity index (χ3n) is 2.71. The normalized spacial score (nSPS) is 25.0. The fourth-order valence-corrected chi connectivity index (χ4v) is 2.04. The van der Waals surface area contributed by atoms with Crippen molar-refractivity contribution in [3.05, 3.63) is 0 Å². The summed E-state index contributed by atoms with van der Waals surface area (Å²) in [4.78, 5) is 15.0. The van der Waals surface area contributed by atoms with Gasteiger partial charge in [0.25, 0.3) is 0 Å². The van der Waals surface area contributed by atoms with Gasteiger partial charge in [-0.2, -0.15) is 0 Å². The summed E-state index contributed by atoms with van der Waals surface area (Å²) in [5.74, 6) is 5.51. The van der Waals surface area contributed by atoms with Crippen molar-refractivity contribution >= 4 is 11.7 Å². The maximum absolute atomic E-state index is 11.0. The third-order valence-corrected chi connectivity index (χ3v) is 2.71. The Morgan fingerprint density at radius 2 is 2.43 bits per heavy atom. The van der Waals surface area contributed by atoms with E-state index in [0.717, 1.165) is 31.4 Å². The lowest BCUT2D eigenvalue weighted by molar-refractivity contribution is 0.249. The molecule has 0 aromatic heterocycles. The van der Waals surface area contributed by atoms with Crippen LogP contribution in [0.25, 0.3) is 0 Å². The van der Waals surface area contributed by atoms with E-state index in [-0.39, 0.29) is 0 Å². The molecule has 1 aliphatic rings. The monoisotopic (exact) mass is 197 g/mol. The molecular formula is C10H19N3O. The van der Waals surface area contributed by atoms with Gasteiger partial charge in [0, 0.05) is 5.71 Å². The van der Waals surface area contributed by atoms with E-state index < -0.39 is 6.03 Å². The minimum absolute atomic E-state index is 0.414. The van der Waals surface area contributed by atoms with Crippen molar-refractivity contribution < 1.29 is 4.79 Å². The standard InChI is InChI=1S/C10H19N3O/c1-2-5-8-6-3-4-7-9(8)12-10(14)13-11/h8H,2-7,11H2,1H3,(H,13,14)/b12-9+. The summed E-state index contributed by atoms with van der Waals surface area (Å²) >= 11 is 0. The smallest absolute Gasteiger partial charge is 0.274 e. The lowest BCUT2D eigenvalue weighted by atomic mass is 9.84. The minimum Gasteiger partial charge on any atom is -0.274 e. The Kier molecular flexibility index (Phi) is 4.59. The van der Waals surface area contributed by atoms with E-state index in [9.17, 15) is 4.79 Å². The van der Waals surface area contributed by atoms with Gasteiger partial charge in [0.15, 0.2) is 0 Å². The molecule has 80 valence electrons. The summed E-state index contributed by atoms with van der Waals surface area (Å²) in [6.07, 6.45) is 6.82. The maximum Gasteiger partial charge on any atom is 0.354 e. The number of carbonyl (C=O) groups is 1. The molecule has 0 spiro atoms. The molecular weight excluding hydrogens is 178 g/mol. The lowest BCUT2D eigenvalue weighted by Crippen LogP contribution is -2.30. The minimum atomic E-state index is -0.414. The number of nitrogens with two attached hydrogens (primary N) is 1. The first-order valence-corrected chi connectivity index (χ1v) is 5.36. The Hall–Kier alpha value is -0.900. The van der Waals surface area contributed by atoms with E-state index in [0.29, 0.717) is 5.92 Å². The van der Waals surface area contributed by atoms with Crippen molar-refractivity contribution in [3.8, 4) is 0 Å². The quantitative estimate of drug-likeness (QED) is 0.404. The van der Waals surface area contributed by atoms with Crippen LogP contribution in [-0.2, 0) is 0 Å². The van der Waals surface area contributed by atoms with Crippen molar-refractivity contribution in [2.24, 2.45) is 16.8 Å². The van der Waals surface area contributed by atoms with Gasteiger partial charge in [-0.25, -0.2) is 15.6 Å². The zero-order valence-electron chi connectivity index (χ0n) is 8.75. The van der Waals surface area contributed by atoms with Gasteiger partial charge in [0.1, 0.15) is 0 Å². The SMILES string of the molecule is CCCC1CCCC/C1=N\C(=O)NN. The lowest BCUT2D eigenvalue weighted by Gasteiger charge is -2.23. The van der Waals surface area contributed by atoms with Crippen molar-refractivity contribution in [3.63, 3.8) is 0 Å². The number of hydrazine groups is 1. The Bertz CT molecular complexity index is 223. The van der Waals surface area contributed by atoms with E-state index in [1.54, 1.807) is 0 Å². The first-order chi connectivity index (χ1) is 6.77. The van der Waals surface area contributed by atoms with Crippen LogP contribution in [0.1, 0.15) is 45.4 Å². The van der Waals surface area contributed by atoms with E-state index in [2.05, 4.69) is 11.9 Å². The molecule has 14 heavy (non-hydrogen) atoms. The predicted octanol–water partition coefficient (Wildman–Crippen LogP) is 2.00. The fourth-order valence-electron chi connectivity index (χ4n) is 2.04. The van der Waals surface area contributed by atoms with Crippen LogP contribution in [0, 0.1) is 5.92 Å². The van der Waals surface area contributed by atoms with E-state index >= 15 is 0 Å². The van der Waals surface area contributed by atoms with Gasteiger partial charge in [-0.05, 0) is 31.6 Å². The van der Waals surface area contributed by atoms with Crippen molar-refractivity contribution in [1.29, 1.82) is 0 Å². The largest absolute Gasteiger partial charge is 0.354 e. The number of rotatable bonds is 2. The van der Waals surface area contributed by atoms with Gasteiger partial charge in [0.05, 0.1) is 0 Å². The van der Waals surface area contributed by atoms with Crippen LogP contribution >= 0.6 is 0 Å².